The van der Waals surface area contributed by atoms with E-state index in [9.17, 15) is 17.6 Å². The van der Waals surface area contributed by atoms with Gasteiger partial charge in [-0.05, 0) is 18.6 Å². The Balaban J connectivity index is 2.09. The molecule has 0 radical (unpaired) electrons. The van der Waals surface area contributed by atoms with Crippen LogP contribution >= 0.6 is 11.6 Å². The van der Waals surface area contributed by atoms with Crippen LogP contribution in [0.1, 0.15) is 12.0 Å². The molecule has 1 aromatic rings. The fraction of sp³-hybridized carbons (Fsp3) is 0.462. The van der Waals surface area contributed by atoms with Crippen molar-refractivity contribution in [3.05, 3.63) is 34.6 Å². The number of benzene rings is 1. The number of carbonyl (C=O) groups excluding carboxylic acids is 1. The molecule has 0 aliphatic carbocycles. The normalized spacial score (nSPS) is 20.9. The number of sulfone groups is 1. The summed E-state index contributed by atoms with van der Waals surface area (Å²) in [5.74, 6) is -1.38. The first-order valence-electron chi connectivity index (χ1n) is 6.18. The molecule has 1 aliphatic heterocycles. The third kappa shape index (κ3) is 3.30. The minimum absolute atomic E-state index is 0.0287. The van der Waals surface area contributed by atoms with E-state index in [1.165, 1.54) is 24.1 Å². The smallest absolute Gasteiger partial charge is 0.226 e. The molecule has 20 heavy (non-hydrogen) atoms. The molecule has 1 atom stereocenters. The summed E-state index contributed by atoms with van der Waals surface area (Å²) in [6, 6.07) is 4.32. The van der Waals surface area contributed by atoms with Gasteiger partial charge in [-0.25, -0.2) is 12.8 Å². The molecule has 0 bridgehead atoms. The lowest BCUT2D eigenvalue weighted by Crippen LogP contribution is -2.33. The zero-order valence-electron chi connectivity index (χ0n) is 11.0. The van der Waals surface area contributed by atoms with Crippen LogP contribution < -0.4 is 0 Å². The van der Waals surface area contributed by atoms with Gasteiger partial charge in [0.1, 0.15) is 5.82 Å². The van der Waals surface area contributed by atoms with Gasteiger partial charge in [0.25, 0.3) is 0 Å². The van der Waals surface area contributed by atoms with Crippen molar-refractivity contribution in [2.24, 2.45) is 5.92 Å². The highest BCUT2D eigenvalue weighted by molar-refractivity contribution is 7.91. The molecule has 1 fully saturated rings. The number of hydrogen-bond acceptors (Lipinski definition) is 3. The summed E-state index contributed by atoms with van der Waals surface area (Å²) in [7, 11) is -1.59. The third-order valence-corrected chi connectivity index (χ3v) is 5.54. The molecule has 1 unspecified atom stereocenters. The second-order valence-electron chi connectivity index (χ2n) is 4.99. The summed E-state index contributed by atoms with van der Waals surface area (Å²) in [5, 5.41) is 0.253. The Bertz CT molecular complexity index is 612. The van der Waals surface area contributed by atoms with Crippen molar-refractivity contribution in [3.8, 4) is 0 Å². The van der Waals surface area contributed by atoms with E-state index < -0.39 is 21.6 Å². The maximum atomic E-state index is 13.7. The fourth-order valence-electron chi connectivity index (χ4n) is 2.30. The average molecular weight is 320 g/mol. The highest BCUT2D eigenvalue weighted by atomic mass is 35.5. The number of carbonyl (C=O) groups is 1. The second kappa shape index (κ2) is 5.69. The molecule has 0 spiro atoms. The van der Waals surface area contributed by atoms with Gasteiger partial charge < -0.3 is 4.90 Å². The van der Waals surface area contributed by atoms with Crippen molar-refractivity contribution in [1.82, 2.24) is 4.90 Å². The molecule has 0 aromatic heterocycles. The van der Waals surface area contributed by atoms with E-state index >= 15 is 0 Å². The molecule has 1 heterocycles. The molecule has 1 saturated heterocycles. The first-order chi connectivity index (χ1) is 9.30. The minimum Gasteiger partial charge on any atom is -0.341 e. The highest BCUT2D eigenvalue weighted by Crippen LogP contribution is 2.24. The summed E-state index contributed by atoms with van der Waals surface area (Å²) in [5.41, 5.74) is 0.242. The summed E-state index contributed by atoms with van der Waals surface area (Å²) in [6.07, 6.45) is 0.330. The van der Waals surface area contributed by atoms with Gasteiger partial charge in [-0.15, -0.1) is 0 Å². The van der Waals surface area contributed by atoms with Crippen LogP contribution in [0.15, 0.2) is 18.2 Å². The number of nitrogens with zero attached hydrogens (tertiary/aromatic N) is 1. The van der Waals surface area contributed by atoms with Crippen molar-refractivity contribution < 1.29 is 17.6 Å². The Labute approximate surface area is 122 Å². The summed E-state index contributed by atoms with van der Waals surface area (Å²) < 4.78 is 36.4. The van der Waals surface area contributed by atoms with Gasteiger partial charge in [0, 0.05) is 24.2 Å². The highest BCUT2D eigenvalue weighted by Gasteiger charge is 2.34. The van der Waals surface area contributed by atoms with E-state index in [-0.39, 0.29) is 34.5 Å². The Morgan fingerprint density at radius 1 is 1.50 bits per heavy atom. The van der Waals surface area contributed by atoms with Crippen molar-refractivity contribution in [2.45, 2.75) is 13.0 Å². The first-order valence-corrected chi connectivity index (χ1v) is 8.38. The standard InChI is InChI=1S/C13H15ClFNO3S/c1-16(7-10-11(14)3-2-4-12(10)15)13(17)9-5-6-20(18,19)8-9/h2-4,9H,5-8H2,1H3. The molecule has 4 nitrogen and oxygen atoms in total. The van der Waals surface area contributed by atoms with Crippen LogP contribution in [0.25, 0.3) is 0 Å². The second-order valence-corrected chi connectivity index (χ2v) is 7.63. The lowest BCUT2D eigenvalue weighted by Gasteiger charge is -2.21. The van der Waals surface area contributed by atoms with Crippen LogP contribution in [-0.4, -0.2) is 37.8 Å². The third-order valence-electron chi connectivity index (χ3n) is 3.41. The lowest BCUT2D eigenvalue weighted by atomic mass is 10.1. The fourth-order valence-corrected chi connectivity index (χ4v) is 4.26. The Morgan fingerprint density at radius 2 is 2.20 bits per heavy atom. The van der Waals surface area contributed by atoms with Crippen LogP contribution in [-0.2, 0) is 21.2 Å². The van der Waals surface area contributed by atoms with Gasteiger partial charge in [0.15, 0.2) is 9.84 Å². The first kappa shape index (κ1) is 15.3. The Morgan fingerprint density at radius 3 is 2.75 bits per heavy atom. The maximum Gasteiger partial charge on any atom is 0.226 e. The molecule has 0 saturated carbocycles. The van der Waals surface area contributed by atoms with E-state index in [1.807, 2.05) is 0 Å². The summed E-state index contributed by atoms with van der Waals surface area (Å²) in [4.78, 5) is 13.5. The molecule has 7 heteroatoms. The molecule has 110 valence electrons. The zero-order chi connectivity index (χ0) is 14.9. The number of rotatable bonds is 3. The number of hydrogen-bond donors (Lipinski definition) is 0. The summed E-state index contributed by atoms with van der Waals surface area (Å²) >= 11 is 5.91. The minimum atomic E-state index is -3.11. The van der Waals surface area contributed by atoms with Crippen molar-refractivity contribution >= 4 is 27.3 Å². The van der Waals surface area contributed by atoms with Crippen LogP contribution in [0.3, 0.4) is 0 Å². The van der Waals surface area contributed by atoms with E-state index in [0.29, 0.717) is 6.42 Å². The van der Waals surface area contributed by atoms with Crippen LogP contribution in [0.5, 0.6) is 0 Å². The van der Waals surface area contributed by atoms with Crippen LogP contribution in [0.4, 0.5) is 4.39 Å². The number of halogens is 2. The molecular formula is C13H15ClFNO3S. The number of amides is 1. The average Bonchev–Trinajstić information content (AvgIpc) is 2.73. The van der Waals surface area contributed by atoms with E-state index in [4.69, 9.17) is 11.6 Å². The van der Waals surface area contributed by atoms with E-state index in [1.54, 1.807) is 6.07 Å². The van der Waals surface area contributed by atoms with Crippen LogP contribution in [0.2, 0.25) is 5.02 Å². The maximum absolute atomic E-state index is 13.7. The van der Waals surface area contributed by atoms with Crippen molar-refractivity contribution in [3.63, 3.8) is 0 Å². The molecule has 1 amide bonds. The molecule has 1 aromatic carbocycles. The quantitative estimate of drug-likeness (QED) is 0.854. The lowest BCUT2D eigenvalue weighted by molar-refractivity contribution is -0.133. The monoisotopic (exact) mass is 319 g/mol. The van der Waals surface area contributed by atoms with Crippen molar-refractivity contribution in [2.75, 3.05) is 18.6 Å². The van der Waals surface area contributed by atoms with Crippen molar-refractivity contribution in [1.29, 1.82) is 0 Å². The predicted molar refractivity (Wildman–Crippen MR) is 74.6 cm³/mol. The van der Waals surface area contributed by atoms with E-state index in [0.717, 1.165) is 0 Å². The largest absolute Gasteiger partial charge is 0.341 e. The van der Waals surface area contributed by atoms with Gasteiger partial charge >= 0.3 is 0 Å². The zero-order valence-corrected chi connectivity index (χ0v) is 12.5. The molecule has 1 aliphatic rings. The Kier molecular flexibility index (Phi) is 4.34. The van der Waals surface area contributed by atoms with Gasteiger partial charge in [0.05, 0.1) is 17.4 Å². The SMILES string of the molecule is CN(Cc1c(F)cccc1Cl)C(=O)C1CCS(=O)(=O)C1. The van der Waals surface area contributed by atoms with Gasteiger partial charge in [-0.2, -0.15) is 0 Å². The van der Waals surface area contributed by atoms with Gasteiger partial charge in [-0.3, -0.25) is 4.79 Å². The topological polar surface area (TPSA) is 54.5 Å². The van der Waals surface area contributed by atoms with E-state index in [2.05, 4.69) is 0 Å². The van der Waals surface area contributed by atoms with Crippen LogP contribution in [0, 0.1) is 11.7 Å². The Hall–Kier alpha value is -1.14. The van der Waals surface area contributed by atoms with Gasteiger partial charge in [-0.1, -0.05) is 17.7 Å². The molecule has 2 rings (SSSR count). The summed E-state index contributed by atoms with van der Waals surface area (Å²) in [6.45, 7) is 0.0287. The molecule has 0 N–H and O–H groups in total. The molecular weight excluding hydrogens is 305 g/mol. The predicted octanol–water partition coefficient (Wildman–Crippen LogP) is 1.87. The van der Waals surface area contributed by atoms with Gasteiger partial charge in [0.2, 0.25) is 5.91 Å².